The number of ether oxygens (including phenoxy) is 2. The maximum Gasteiger partial charge on any atom is 0.175 e. The molecule has 0 aliphatic heterocycles. The van der Waals surface area contributed by atoms with Gasteiger partial charge >= 0.3 is 0 Å². The van der Waals surface area contributed by atoms with Crippen LogP contribution in [0.5, 0.6) is 11.5 Å². The summed E-state index contributed by atoms with van der Waals surface area (Å²) in [7, 11) is 0. The molecule has 0 amide bonds. The molecule has 160 valence electrons. The number of hydrogen-bond acceptors (Lipinski definition) is 4. The van der Waals surface area contributed by atoms with Gasteiger partial charge in [-0.2, -0.15) is 4.73 Å². The summed E-state index contributed by atoms with van der Waals surface area (Å²) in [6.07, 6.45) is 3.57. The van der Waals surface area contributed by atoms with Gasteiger partial charge < -0.3 is 14.7 Å². The number of para-hydroxylation sites is 1. The second-order valence-electron chi connectivity index (χ2n) is 6.86. The Morgan fingerprint density at radius 1 is 1.03 bits per heavy atom. The molecule has 5 nitrogen and oxygen atoms in total. The van der Waals surface area contributed by atoms with Crippen molar-refractivity contribution < 1.29 is 23.5 Å². The average molecular weight is 445 g/mol. The molecule has 4 rings (SSSR count). The fraction of sp³-hybridized carbons (Fsp3) is 0.174. The highest BCUT2D eigenvalue weighted by atomic mass is 35.5. The fourth-order valence-electron chi connectivity index (χ4n) is 3.37. The summed E-state index contributed by atoms with van der Waals surface area (Å²) in [5.41, 5.74) is 2.32. The zero-order valence-corrected chi connectivity index (χ0v) is 17.1. The molecule has 0 bridgehead atoms. The van der Waals surface area contributed by atoms with Gasteiger partial charge in [-0.25, -0.2) is 13.8 Å². The third-order valence-electron chi connectivity index (χ3n) is 4.79. The SMILES string of the molecule is On1cc(Cc2cccc(OCc3ccc(Cl)cc3F)c2OCCF)c2cccnc21. The predicted molar refractivity (Wildman–Crippen MR) is 113 cm³/mol. The molecule has 2 heterocycles. The first-order valence-electron chi connectivity index (χ1n) is 9.58. The van der Waals surface area contributed by atoms with Crippen LogP contribution in [0.4, 0.5) is 8.78 Å². The van der Waals surface area contributed by atoms with Crippen molar-refractivity contribution in [2.45, 2.75) is 13.0 Å². The third-order valence-corrected chi connectivity index (χ3v) is 5.03. The summed E-state index contributed by atoms with van der Waals surface area (Å²) in [6.45, 7) is -0.857. The lowest BCUT2D eigenvalue weighted by atomic mass is 10.0. The van der Waals surface area contributed by atoms with Gasteiger partial charge in [0.15, 0.2) is 17.1 Å². The van der Waals surface area contributed by atoms with E-state index in [1.165, 1.54) is 6.07 Å². The van der Waals surface area contributed by atoms with Gasteiger partial charge in [0.1, 0.15) is 25.7 Å². The summed E-state index contributed by atoms with van der Waals surface area (Å²) in [5, 5.41) is 11.2. The molecule has 0 spiro atoms. The van der Waals surface area contributed by atoms with Gasteiger partial charge in [0, 0.05) is 40.4 Å². The molecule has 2 aromatic carbocycles. The molecule has 0 saturated carbocycles. The van der Waals surface area contributed by atoms with Gasteiger partial charge in [0.2, 0.25) is 0 Å². The summed E-state index contributed by atoms with van der Waals surface area (Å²) in [4.78, 5) is 4.17. The number of aromatic nitrogens is 2. The number of fused-ring (bicyclic) bond motifs is 1. The van der Waals surface area contributed by atoms with Crippen LogP contribution in [0.1, 0.15) is 16.7 Å². The van der Waals surface area contributed by atoms with Crippen LogP contribution in [0.25, 0.3) is 11.0 Å². The first kappa shape index (κ1) is 20.9. The van der Waals surface area contributed by atoms with E-state index < -0.39 is 12.5 Å². The molecule has 0 aliphatic carbocycles. The smallest absolute Gasteiger partial charge is 0.175 e. The predicted octanol–water partition coefficient (Wildman–Crippen LogP) is 5.58. The van der Waals surface area contributed by atoms with Crippen LogP contribution in [0.15, 0.2) is 60.9 Å². The number of pyridine rings is 1. The Balaban J connectivity index is 1.64. The van der Waals surface area contributed by atoms with Gasteiger partial charge in [0.25, 0.3) is 0 Å². The zero-order chi connectivity index (χ0) is 21.8. The van der Waals surface area contributed by atoms with Gasteiger partial charge in [-0.1, -0.05) is 29.8 Å². The Hall–Kier alpha value is -3.32. The number of hydrogen-bond donors (Lipinski definition) is 1. The number of rotatable bonds is 8. The Labute approximate surface area is 182 Å². The van der Waals surface area contributed by atoms with E-state index in [0.717, 1.165) is 21.2 Å². The zero-order valence-electron chi connectivity index (χ0n) is 16.4. The van der Waals surface area contributed by atoms with Crippen LogP contribution in [0.2, 0.25) is 5.02 Å². The molecule has 0 unspecified atom stereocenters. The van der Waals surface area contributed by atoms with Crippen LogP contribution in [0.3, 0.4) is 0 Å². The van der Waals surface area contributed by atoms with Crippen molar-refractivity contribution in [3.8, 4) is 11.5 Å². The van der Waals surface area contributed by atoms with Crippen molar-refractivity contribution in [1.82, 2.24) is 9.71 Å². The molecule has 2 aromatic heterocycles. The van der Waals surface area contributed by atoms with E-state index in [2.05, 4.69) is 4.98 Å². The van der Waals surface area contributed by atoms with E-state index >= 15 is 0 Å². The minimum Gasteiger partial charge on any atom is -0.487 e. The Morgan fingerprint density at radius 3 is 2.71 bits per heavy atom. The number of alkyl halides is 1. The molecule has 0 atom stereocenters. The van der Waals surface area contributed by atoms with Gasteiger partial charge in [-0.05, 0) is 35.9 Å². The topological polar surface area (TPSA) is 56.5 Å². The quantitative estimate of drug-likeness (QED) is 0.360. The van der Waals surface area contributed by atoms with Gasteiger partial charge in [-0.3, -0.25) is 0 Å². The molecule has 0 saturated heterocycles. The molecular formula is C23H19ClF2N2O3. The van der Waals surface area contributed by atoms with Gasteiger partial charge in [0.05, 0.1) is 0 Å². The van der Waals surface area contributed by atoms with Crippen molar-refractivity contribution in [2.75, 3.05) is 13.3 Å². The molecule has 4 aromatic rings. The van der Waals surface area contributed by atoms with Crippen molar-refractivity contribution in [3.63, 3.8) is 0 Å². The maximum atomic E-state index is 14.1. The second kappa shape index (κ2) is 9.22. The normalized spacial score (nSPS) is 11.1. The van der Waals surface area contributed by atoms with Crippen molar-refractivity contribution in [3.05, 3.63) is 88.5 Å². The Bertz CT molecular complexity index is 1210. The van der Waals surface area contributed by atoms with E-state index in [4.69, 9.17) is 21.1 Å². The molecule has 0 aliphatic rings. The number of halogens is 3. The first-order valence-corrected chi connectivity index (χ1v) is 9.96. The lowest BCUT2D eigenvalue weighted by Crippen LogP contribution is -2.06. The standard InChI is InChI=1S/C23H19ClF2N2O3/c24-18-7-6-16(20(26)12-18)14-31-21-5-1-3-15(22(21)30-10-8-25)11-17-13-28(29)23-19(17)4-2-9-27-23/h1-7,9,12-13,29H,8,10-11,14H2. The highest BCUT2D eigenvalue weighted by Crippen LogP contribution is 2.35. The first-order chi connectivity index (χ1) is 15.1. The highest BCUT2D eigenvalue weighted by Gasteiger charge is 2.16. The Kier molecular flexibility index (Phi) is 6.23. The molecule has 1 N–H and O–H groups in total. The molecule has 31 heavy (non-hydrogen) atoms. The second-order valence-corrected chi connectivity index (χ2v) is 7.29. The van der Waals surface area contributed by atoms with Crippen molar-refractivity contribution >= 4 is 22.6 Å². The number of benzene rings is 2. The maximum absolute atomic E-state index is 14.1. The molecule has 0 radical (unpaired) electrons. The summed E-state index contributed by atoms with van der Waals surface area (Å²) in [5.74, 6) is 0.265. The van der Waals surface area contributed by atoms with E-state index in [0.29, 0.717) is 34.2 Å². The van der Waals surface area contributed by atoms with E-state index in [9.17, 15) is 14.0 Å². The summed E-state index contributed by atoms with van der Waals surface area (Å²) >= 11 is 5.80. The van der Waals surface area contributed by atoms with Gasteiger partial charge in [-0.15, -0.1) is 0 Å². The van der Waals surface area contributed by atoms with Crippen LogP contribution < -0.4 is 9.47 Å². The Morgan fingerprint density at radius 2 is 1.90 bits per heavy atom. The van der Waals surface area contributed by atoms with Crippen LogP contribution in [-0.4, -0.2) is 28.2 Å². The highest BCUT2D eigenvalue weighted by molar-refractivity contribution is 6.30. The molecule has 8 heteroatoms. The largest absolute Gasteiger partial charge is 0.487 e. The van der Waals surface area contributed by atoms with E-state index in [-0.39, 0.29) is 13.2 Å². The van der Waals surface area contributed by atoms with Crippen LogP contribution in [0, 0.1) is 5.82 Å². The van der Waals surface area contributed by atoms with E-state index in [1.807, 2.05) is 12.1 Å². The summed E-state index contributed by atoms with van der Waals surface area (Å²) in [6, 6.07) is 13.3. The van der Waals surface area contributed by atoms with Crippen molar-refractivity contribution in [1.29, 1.82) is 0 Å². The fourth-order valence-corrected chi connectivity index (χ4v) is 3.53. The summed E-state index contributed by atoms with van der Waals surface area (Å²) < 4.78 is 39.4. The van der Waals surface area contributed by atoms with Crippen LogP contribution >= 0.6 is 11.6 Å². The molecular weight excluding hydrogens is 426 g/mol. The van der Waals surface area contributed by atoms with E-state index in [1.54, 1.807) is 42.7 Å². The van der Waals surface area contributed by atoms with Crippen molar-refractivity contribution in [2.24, 2.45) is 0 Å². The average Bonchev–Trinajstić information content (AvgIpc) is 3.08. The molecule has 0 fully saturated rings. The lowest BCUT2D eigenvalue weighted by molar-refractivity contribution is 0.198. The minimum atomic E-state index is -0.667. The monoisotopic (exact) mass is 444 g/mol. The minimum absolute atomic E-state index is 0.0433. The third kappa shape index (κ3) is 4.56. The lowest BCUT2D eigenvalue weighted by Gasteiger charge is -2.16. The van der Waals surface area contributed by atoms with Crippen LogP contribution in [-0.2, 0) is 13.0 Å². The number of nitrogens with zero attached hydrogens (tertiary/aromatic N) is 2.